The highest BCUT2D eigenvalue weighted by Crippen LogP contribution is 2.29. The van der Waals surface area contributed by atoms with E-state index < -0.39 is 0 Å². The van der Waals surface area contributed by atoms with Gasteiger partial charge >= 0.3 is 0 Å². The molecule has 1 aromatic carbocycles. The van der Waals surface area contributed by atoms with E-state index in [1.165, 1.54) is 11.8 Å². The number of anilines is 1. The number of thioether (sulfide) groups is 1. The van der Waals surface area contributed by atoms with E-state index in [0.29, 0.717) is 17.3 Å². The topological polar surface area (TPSA) is 80.1 Å². The minimum absolute atomic E-state index is 0.0150. The Balaban J connectivity index is 1.69. The molecule has 3 rings (SSSR count). The average molecular weight is 412 g/mol. The average Bonchev–Trinajstić information content (AvgIpc) is 3.15. The fraction of sp³-hybridized carbons (Fsp3) is 0.333. The molecule has 2 aromatic rings. The molecule has 1 aliphatic rings. The summed E-state index contributed by atoms with van der Waals surface area (Å²) in [5.74, 6) is 0.928. The van der Waals surface area contributed by atoms with Crippen LogP contribution in [0.25, 0.3) is 0 Å². The molecule has 1 unspecified atom stereocenters. The predicted molar refractivity (Wildman–Crippen MR) is 115 cm³/mol. The van der Waals surface area contributed by atoms with Gasteiger partial charge in [0.05, 0.1) is 5.75 Å². The molecule has 29 heavy (non-hydrogen) atoms. The van der Waals surface area contributed by atoms with Crippen LogP contribution in [0.3, 0.4) is 0 Å². The lowest BCUT2D eigenvalue weighted by Gasteiger charge is -2.19. The first kappa shape index (κ1) is 20.9. The summed E-state index contributed by atoms with van der Waals surface area (Å²) in [5, 5.41) is 12.2. The van der Waals surface area contributed by atoms with E-state index in [1.54, 1.807) is 19.0 Å². The van der Waals surface area contributed by atoms with Crippen LogP contribution in [0, 0.1) is 0 Å². The fourth-order valence-corrected chi connectivity index (χ4v) is 3.90. The highest BCUT2D eigenvalue weighted by Gasteiger charge is 2.23. The zero-order valence-corrected chi connectivity index (χ0v) is 17.6. The molecular formula is C21H25N5O2S. The number of aromatic nitrogens is 3. The van der Waals surface area contributed by atoms with Crippen LogP contribution < -0.4 is 5.32 Å². The van der Waals surface area contributed by atoms with Gasteiger partial charge in [-0.15, -0.1) is 10.2 Å². The minimum atomic E-state index is -0.0900. The van der Waals surface area contributed by atoms with Gasteiger partial charge in [0.25, 0.3) is 5.91 Å². The summed E-state index contributed by atoms with van der Waals surface area (Å²) < 4.78 is 2.01. The smallest absolute Gasteiger partial charge is 0.253 e. The van der Waals surface area contributed by atoms with Gasteiger partial charge in [0.2, 0.25) is 5.91 Å². The number of benzene rings is 1. The fourth-order valence-electron chi connectivity index (χ4n) is 3.09. The van der Waals surface area contributed by atoms with Crippen LogP contribution >= 0.6 is 11.8 Å². The molecule has 0 saturated carbocycles. The number of likely N-dealkylation sites (N-methyl/N-ethyl adjacent to an activating group) is 1. The molecule has 0 spiro atoms. The summed E-state index contributed by atoms with van der Waals surface area (Å²) in [7, 11) is 3.48. The van der Waals surface area contributed by atoms with E-state index in [2.05, 4.69) is 15.5 Å². The van der Waals surface area contributed by atoms with Crippen LogP contribution in [0.1, 0.15) is 25.1 Å². The van der Waals surface area contributed by atoms with E-state index in [-0.39, 0.29) is 23.5 Å². The van der Waals surface area contributed by atoms with Crippen molar-refractivity contribution in [1.82, 2.24) is 19.7 Å². The molecular weight excluding hydrogens is 386 g/mol. The number of allylic oxidation sites excluding steroid dienone is 2. The zero-order valence-electron chi connectivity index (χ0n) is 16.8. The first-order chi connectivity index (χ1) is 14.0. The third-order valence-electron chi connectivity index (χ3n) is 4.50. The van der Waals surface area contributed by atoms with Crippen molar-refractivity contribution in [3.8, 4) is 0 Å². The minimum Gasteiger partial charge on any atom is -0.345 e. The maximum Gasteiger partial charge on any atom is 0.253 e. The zero-order chi connectivity index (χ0) is 20.8. The largest absolute Gasteiger partial charge is 0.345 e. The summed E-state index contributed by atoms with van der Waals surface area (Å²) in [6, 6.07) is 9.37. The van der Waals surface area contributed by atoms with Gasteiger partial charge in [0.15, 0.2) is 5.16 Å². The highest BCUT2D eigenvalue weighted by atomic mass is 32.2. The summed E-state index contributed by atoms with van der Waals surface area (Å²) in [4.78, 5) is 26.1. The number of para-hydroxylation sites is 1. The molecule has 0 radical (unpaired) electrons. The normalized spacial score (nSPS) is 15.7. The number of hydrogen-bond donors (Lipinski definition) is 1. The van der Waals surface area contributed by atoms with Crippen molar-refractivity contribution in [1.29, 1.82) is 0 Å². The van der Waals surface area contributed by atoms with Gasteiger partial charge in [-0.2, -0.15) is 0 Å². The van der Waals surface area contributed by atoms with Crippen LogP contribution in [0.5, 0.6) is 0 Å². The molecule has 0 bridgehead atoms. The molecule has 152 valence electrons. The summed E-state index contributed by atoms with van der Waals surface area (Å²) in [6.45, 7) is 2.71. The molecule has 1 atom stereocenters. The Bertz CT molecular complexity index is 934. The van der Waals surface area contributed by atoms with Crippen LogP contribution in [-0.2, 0) is 16.1 Å². The standard InChI is InChI=1S/C21H25N5O2S/c1-4-26-19(15-9-8-10-16(13-15)20(28)25(2)3)23-24-21(26)29-14-18(27)22-17-11-6-5-7-12-17/h5-8,10-13,15H,4,9,14H2,1-3H3,(H,22,27). The second-order valence-corrected chi connectivity index (χ2v) is 7.80. The second-order valence-electron chi connectivity index (χ2n) is 6.85. The Morgan fingerprint density at radius 1 is 1.24 bits per heavy atom. The second kappa shape index (κ2) is 9.56. The maximum absolute atomic E-state index is 12.3. The van der Waals surface area contributed by atoms with E-state index >= 15 is 0 Å². The first-order valence-electron chi connectivity index (χ1n) is 9.50. The van der Waals surface area contributed by atoms with Crippen molar-refractivity contribution in [2.45, 2.75) is 31.0 Å². The first-order valence-corrected chi connectivity index (χ1v) is 10.5. The van der Waals surface area contributed by atoms with Crippen molar-refractivity contribution in [2.24, 2.45) is 0 Å². The number of nitrogens with zero attached hydrogens (tertiary/aromatic N) is 4. The number of amides is 2. The van der Waals surface area contributed by atoms with Crippen molar-refractivity contribution >= 4 is 29.3 Å². The molecule has 2 amide bonds. The van der Waals surface area contributed by atoms with Gasteiger partial charge in [-0.1, -0.05) is 48.2 Å². The molecule has 1 N–H and O–H groups in total. The molecule has 8 heteroatoms. The molecule has 0 fully saturated rings. The Morgan fingerprint density at radius 3 is 2.69 bits per heavy atom. The van der Waals surface area contributed by atoms with Gasteiger partial charge in [-0.25, -0.2) is 0 Å². The Kier molecular flexibility index (Phi) is 6.87. The lowest BCUT2D eigenvalue weighted by atomic mass is 9.95. The lowest BCUT2D eigenvalue weighted by Crippen LogP contribution is -2.24. The molecule has 1 aliphatic carbocycles. The molecule has 1 aromatic heterocycles. The third kappa shape index (κ3) is 5.14. The molecule has 0 saturated heterocycles. The van der Waals surface area contributed by atoms with Crippen LogP contribution in [0.15, 0.2) is 59.3 Å². The summed E-state index contributed by atoms with van der Waals surface area (Å²) in [5.41, 5.74) is 1.43. The summed E-state index contributed by atoms with van der Waals surface area (Å²) >= 11 is 1.36. The number of hydrogen-bond acceptors (Lipinski definition) is 5. The van der Waals surface area contributed by atoms with Gasteiger partial charge in [0, 0.05) is 37.8 Å². The SMILES string of the molecule is CCn1c(SCC(=O)Nc2ccccc2)nnc1C1C=C(C(=O)N(C)C)C=CC1. The van der Waals surface area contributed by atoms with Gasteiger partial charge in [0.1, 0.15) is 5.82 Å². The van der Waals surface area contributed by atoms with Gasteiger partial charge in [-0.05, 0) is 25.5 Å². The lowest BCUT2D eigenvalue weighted by molar-refractivity contribution is -0.124. The quantitative estimate of drug-likeness (QED) is 0.708. The van der Waals surface area contributed by atoms with E-state index in [0.717, 1.165) is 17.9 Å². The molecule has 1 heterocycles. The third-order valence-corrected chi connectivity index (χ3v) is 5.47. The van der Waals surface area contributed by atoms with E-state index in [4.69, 9.17) is 0 Å². The summed E-state index contributed by atoms with van der Waals surface area (Å²) in [6.07, 6.45) is 6.57. The van der Waals surface area contributed by atoms with E-state index in [9.17, 15) is 9.59 Å². The van der Waals surface area contributed by atoms with Crippen molar-refractivity contribution in [3.63, 3.8) is 0 Å². The van der Waals surface area contributed by atoms with Crippen LogP contribution in [-0.4, -0.2) is 51.3 Å². The predicted octanol–water partition coefficient (Wildman–Crippen LogP) is 3.09. The van der Waals surface area contributed by atoms with Crippen molar-refractivity contribution < 1.29 is 9.59 Å². The monoisotopic (exact) mass is 411 g/mol. The molecule has 0 aliphatic heterocycles. The van der Waals surface area contributed by atoms with Gasteiger partial charge < -0.3 is 14.8 Å². The van der Waals surface area contributed by atoms with E-state index in [1.807, 2.05) is 60.1 Å². The highest BCUT2D eigenvalue weighted by molar-refractivity contribution is 7.99. The Hall–Kier alpha value is -2.87. The number of nitrogens with one attached hydrogen (secondary N) is 1. The Morgan fingerprint density at radius 2 is 2.00 bits per heavy atom. The number of carbonyl (C=O) groups excluding carboxylic acids is 2. The Labute approximate surface area is 174 Å². The maximum atomic E-state index is 12.3. The number of carbonyl (C=O) groups is 2. The number of rotatable bonds is 7. The van der Waals surface area contributed by atoms with Crippen molar-refractivity contribution in [3.05, 3.63) is 60.0 Å². The molecule has 7 nitrogen and oxygen atoms in total. The van der Waals surface area contributed by atoms with Crippen LogP contribution in [0.2, 0.25) is 0 Å². The van der Waals surface area contributed by atoms with Crippen molar-refractivity contribution in [2.75, 3.05) is 25.2 Å². The van der Waals surface area contributed by atoms with Crippen LogP contribution in [0.4, 0.5) is 5.69 Å². The van der Waals surface area contributed by atoms with Gasteiger partial charge in [-0.3, -0.25) is 9.59 Å².